The van der Waals surface area contributed by atoms with Crippen LogP contribution in [0.3, 0.4) is 0 Å². The second kappa shape index (κ2) is 4.31. The molecule has 4 heteroatoms. The van der Waals surface area contributed by atoms with Crippen LogP contribution in [0.5, 0.6) is 0 Å². The number of aliphatic hydroxyl groups excluding tert-OH is 1. The van der Waals surface area contributed by atoms with Gasteiger partial charge in [-0.25, -0.2) is 0 Å². The number of hydrogen-bond donors (Lipinski definition) is 2. The Hall–Kier alpha value is -0.610. The van der Waals surface area contributed by atoms with Crippen molar-refractivity contribution in [1.29, 1.82) is 0 Å². The Bertz CT molecular complexity index is 132. The van der Waals surface area contributed by atoms with Gasteiger partial charge < -0.3 is 15.2 Å². The number of carbonyl (C=O) groups is 1. The van der Waals surface area contributed by atoms with Gasteiger partial charge in [0, 0.05) is 19.1 Å². The topological polar surface area (TPSA) is 58.6 Å². The van der Waals surface area contributed by atoms with Crippen molar-refractivity contribution in [2.75, 3.05) is 26.4 Å². The summed E-state index contributed by atoms with van der Waals surface area (Å²) in [5.41, 5.74) is 0. The van der Waals surface area contributed by atoms with Gasteiger partial charge in [0.25, 0.3) is 0 Å². The minimum atomic E-state index is -0.423. The molecule has 0 radical (unpaired) electrons. The maximum Gasteiger partial charge on any atom is 0.245 e. The van der Waals surface area contributed by atoms with Crippen LogP contribution in [0.1, 0.15) is 6.42 Å². The number of ether oxygens (including phenoxy) is 1. The van der Waals surface area contributed by atoms with Gasteiger partial charge in [-0.05, 0) is 6.42 Å². The molecule has 1 saturated heterocycles. The lowest BCUT2D eigenvalue weighted by Gasteiger charge is -2.07. The Labute approximate surface area is 65.5 Å². The molecule has 1 atom stereocenters. The molecule has 0 spiro atoms. The smallest absolute Gasteiger partial charge is 0.245 e. The molecule has 64 valence electrons. The summed E-state index contributed by atoms with van der Waals surface area (Å²) in [6.07, 6.45) is 1.01. The van der Waals surface area contributed by atoms with Crippen molar-refractivity contribution in [2.24, 2.45) is 5.92 Å². The molecule has 4 nitrogen and oxygen atoms in total. The van der Waals surface area contributed by atoms with Crippen molar-refractivity contribution < 1.29 is 14.6 Å². The van der Waals surface area contributed by atoms with Crippen LogP contribution in [-0.4, -0.2) is 37.4 Å². The summed E-state index contributed by atoms with van der Waals surface area (Å²) < 4.78 is 5.11. The third-order valence-corrected chi connectivity index (χ3v) is 1.76. The first-order valence-electron chi connectivity index (χ1n) is 3.78. The lowest BCUT2D eigenvalue weighted by Crippen LogP contribution is -2.31. The highest BCUT2D eigenvalue weighted by molar-refractivity contribution is 5.76. The van der Waals surface area contributed by atoms with E-state index < -0.39 is 6.61 Å². The summed E-state index contributed by atoms with van der Waals surface area (Å²) in [6.45, 7) is 1.72. The van der Waals surface area contributed by atoms with Crippen molar-refractivity contribution in [3.63, 3.8) is 0 Å². The monoisotopic (exact) mass is 159 g/mol. The van der Waals surface area contributed by atoms with Gasteiger partial charge in [-0.3, -0.25) is 4.79 Å². The predicted octanol–water partition coefficient (Wildman–Crippen LogP) is -0.869. The Morgan fingerprint density at radius 1 is 1.73 bits per heavy atom. The van der Waals surface area contributed by atoms with E-state index in [0.29, 0.717) is 12.5 Å². The molecular formula is C7H13NO3. The van der Waals surface area contributed by atoms with Crippen LogP contribution in [0.4, 0.5) is 0 Å². The number of hydrogen-bond acceptors (Lipinski definition) is 3. The Morgan fingerprint density at radius 3 is 3.09 bits per heavy atom. The molecule has 1 unspecified atom stereocenters. The van der Waals surface area contributed by atoms with Crippen LogP contribution in [-0.2, 0) is 9.53 Å². The molecule has 1 fully saturated rings. The van der Waals surface area contributed by atoms with Crippen molar-refractivity contribution in [3.05, 3.63) is 0 Å². The zero-order valence-electron chi connectivity index (χ0n) is 6.38. The highest BCUT2D eigenvalue weighted by atomic mass is 16.5. The summed E-state index contributed by atoms with van der Waals surface area (Å²) in [5, 5.41) is 11.0. The molecule has 1 amide bonds. The van der Waals surface area contributed by atoms with Gasteiger partial charge in [-0.15, -0.1) is 0 Å². The van der Waals surface area contributed by atoms with E-state index in [4.69, 9.17) is 9.84 Å². The molecule has 2 N–H and O–H groups in total. The number of amides is 1. The molecule has 0 aliphatic carbocycles. The minimum Gasteiger partial charge on any atom is -0.387 e. The SMILES string of the molecule is O=C(CO)NCC1CCOC1. The Morgan fingerprint density at radius 2 is 2.55 bits per heavy atom. The Kier molecular flexibility index (Phi) is 3.32. The fourth-order valence-corrected chi connectivity index (χ4v) is 1.06. The number of nitrogens with one attached hydrogen (secondary N) is 1. The van der Waals surface area contributed by atoms with Gasteiger partial charge in [0.2, 0.25) is 5.91 Å². The average Bonchev–Trinajstić information content (AvgIpc) is 2.52. The van der Waals surface area contributed by atoms with Crippen LogP contribution >= 0.6 is 0 Å². The van der Waals surface area contributed by atoms with E-state index in [1.165, 1.54) is 0 Å². The van der Waals surface area contributed by atoms with E-state index in [1.54, 1.807) is 0 Å². The maximum absolute atomic E-state index is 10.6. The standard InChI is InChI=1S/C7H13NO3/c9-4-7(10)8-3-6-1-2-11-5-6/h6,9H,1-5H2,(H,8,10). The first kappa shape index (κ1) is 8.49. The first-order chi connectivity index (χ1) is 5.33. The minimum absolute atomic E-state index is 0.308. The van der Waals surface area contributed by atoms with Crippen molar-refractivity contribution >= 4 is 5.91 Å². The number of rotatable bonds is 3. The van der Waals surface area contributed by atoms with Gasteiger partial charge in [0.05, 0.1) is 6.61 Å². The van der Waals surface area contributed by atoms with Crippen LogP contribution in [0.15, 0.2) is 0 Å². The predicted molar refractivity (Wildman–Crippen MR) is 39.0 cm³/mol. The summed E-state index contributed by atoms with van der Waals surface area (Å²) in [7, 11) is 0. The van der Waals surface area contributed by atoms with Gasteiger partial charge in [-0.1, -0.05) is 0 Å². The van der Waals surface area contributed by atoms with E-state index in [-0.39, 0.29) is 5.91 Å². The highest BCUT2D eigenvalue weighted by Crippen LogP contribution is 2.10. The lowest BCUT2D eigenvalue weighted by molar-refractivity contribution is -0.123. The molecule has 0 aromatic carbocycles. The zero-order valence-corrected chi connectivity index (χ0v) is 6.38. The van der Waals surface area contributed by atoms with Gasteiger partial charge in [0.15, 0.2) is 0 Å². The summed E-state index contributed by atoms with van der Waals surface area (Å²) in [4.78, 5) is 10.6. The van der Waals surface area contributed by atoms with Crippen molar-refractivity contribution in [3.8, 4) is 0 Å². The van der Waals surface area contributed by atoms with Crippen LogP contribution in [0.25, 0.3) is 0 Å². The largest absolute Gasteiger partial charge is 0.387 e. The van der Waals surface area contributed by atoms with Crippen molar-refractivity contribution in [2.45, 2.75) is 6.42 Å². The van der Waals surface area contributed by atoms with Crippen molar-refractivity contribution in [1.82, 2.24) is 5.32 Å². The summed E-state index contributed by atoms with van der Waals surface area (Å²) >= 11 is 0. The van der Waals surface area contributed by atoms with Gasteiger partial charge >= 0.3 is 0 Å². The first-order valence-corrected chi connectivity index (χ1v) is 3.78. The van der Waals surface area contributed by atoms with Gasteiger partial charge in [0.1, 0.15) is 6.61 Å². The normalized spacial score (nSPS) is 23.5. The lowest BCUT2D eigenvalue weighted by atomic mass is 10.1. The van der Waals surface area contributed by atoms with E-state index in [9.17, 15) is 4.79 Å². The molecule has 0 aromatic rings. The molecule has 0 saturated carbocycles. The molecular weight excluding hydrogens is 146 g/mol. The molecule has 0 bridgehead atoms. The summed E-state index contributed by atoms with van der Waals surface area (Å²) in [6, 6.07) is 0. The zero-order chi connectivity index (χ0) is 8.10. The van der Waals surface area contributed by atoms with E-state index >= 15 is 0 Å². The second-order valence-corrected chi connectivity index (χ2v) is 2.69. The van der Waals surface area contributed by atoms with Crippen LogP contribution in [0.2, 0.25) is 0 Å². The molecule has 1 rings (SSSR count). The fourth-order valence-electron chi connectivity index (χ4n) is 1.06. The number of aliphatic hydroxyl groups is 1. The molecule has 1 aliphatic rings. The number of carbonyl (C=O) groups excluding carboxylic acids is 1. The molecule has 1 aliphatic heterocycles. The van der Waals surface area contributed by atoms with Crippen LogP contribution < -0.4 is 5.32 Å². The van der Waals surface area contributed by atoms with E-state index in [2.05, 4.69) is 5.32 Å². The average molecular weight is 159 g/mol. The van der Waals surface area contributed by atoms with Crippen LogP contribution in [0, 0.1) is 5.92 Å². The molecule has 0 aromatic heterocycles. The maximum atomic E-state index is 10.6. The fraction of sp³-hybridized carbons (Fsp3) is 0.857. The molecule has 11 heavy (non-hydrogen) atoms. The second-order valence-electron chi connectivity index (χ2n) is 2.69. The summed E-state index contributed by atoms with van der Waals surface area (Å²) in [5.74, 6) is 0.127. The third kappa shape index (κ3) is 2.86. The molecule has 1 heterocycles. The Balaban J connectivity index is 2.06. The highest BCUT2D eigenvalue weighted by Gasteiger charge is 2.15. The van der Waals surface area contributed by atoms with E-state index in [0.717, 1.165) is 19.6 Å². The quantitative estimate of drug-likeness (QED) is 0.563. The third-order valence-electron chi connectivity index (χ3n) is 1.76. The van der Waals surface area contributed by atoms with Gasteiger partial charge in [-0.2, -0.15) is 0 Å². The van der Waals surface area contributed by atoms with E-state index in [1.807, 2.05) is 0 Å².